The molecule has 1 saturated heterocycles. The van der Waals surface area contributed by atoms with Crippen LogP contribution in [0.3, 0.4) is 0 Å². The minimum absolute atomic E-state index is 0.0408. The van der Waals surface area contributed by atoms with Crippen LogP contribution in [0.1, 0.15) is 50.8 Å². The molecule has 2 heterocycles. The van der Waals surface area contributed by atoms with E-state index in [4.69, 9.17) is 10.5 Å². The summed E-state index contributed by atoms with van der Waals surface area (Å²) in [6, 6.07) is 21.8. The van der Waals surface area contributed by atoms with Gasteiger partial charge in [-0.1, -0.05) is 43.0 Å². The maximum absolute atomic E-state index is 13.4. The van der Waals surface area contributed by atoms with Gasteiger partial charge in [0.15, 0.2) is 12.4 Å². The molecule has 228 valence electrons. The van der Waals surface area contributed by atoms with E-state index in [2.05, 4.69) is 11.1 Å². The molecular formula is C34H24FN5O5S. The Bertz CT molecular complexity index is 1950. The van der Waals surface area contributed by atoms with Crippen molar-refractivity contribution in [2.75, 3.05) is 17.2 Å². The standard InChI is InChI=1S/C34H24FN5O5S/c1-2-19-3-5-21(6-4-19)30-25(16-36)31(38)39-32(26(30)17-37)46-28-15-29(42)40(33(28)43)24-13-9-22(10-14-24)34(44)45-18-27(41)20-7-11-23(35)12-8-20/h3-14,28H,2,15,18H2,1H3,(H2,38,39). The third-order valence-corrected chi connectivity index (χ3v) is 8.46. The van der Waals surface area contributed by atoms with Gasteiger partial charge in [0.25, 0.3) is 0 Å². The molecule has 0 bridgehead atoms. The number of aromatic nitrogens is 1. The Morgan fingerprint density at radius 2 is 1.61 bits per heavy atom. The quantitative estimate of drug-likeness (QED) is 0.146. The van der Waals surface area contributed by atoms with Crippen LogP contribution in [-0.2, 0) is 20.7 Å². The predicted molar refractivity (Wildman–Crippen MR) is 167 cm³/mol. The highest BCUT2D eigenvalue weighted by Gasteiger charge is 2.41. The Balaban J connectivity index is 1.32. The zero-order valence-corrected chi connectivity index (χ0v) is 25.1. The van der Waals surface area contributed by atoms with Gasteiger partial charge in [-0.2, -0.15) is 10.5 Å². The molecule has 12 heteroatoms. The molecule has 1 fully saturated rings. The van der Waals surface area contributed by atoms with Gasteiger partial charge in [0.1, 0.15) is 34.4 Å². The molecule has 1 aromatic heterocycles. The maximum Gasteiger partial charge on any atom is 0.338 e. The van der Waals surface area contributed by atoms with E-state index in [0.717, 1.165) is 40.8 Å². The summed E-state index contributed by atoms with van der Waals surface area (Å²) in [5.74, 6) is -2.98. The normalized spacial score (nSPS) is 14.1. The number of aryl methyl sites for hydroxylation is 1. The van der Waals surface area contributed by atoms with Crippen LogP contribution in [0.2, 0.25) is 0 Å². The number of nitriles is 2. The van der Waals surface area contributed by atoms with E-state index < -0.39 is 41.2 Å². The number of amides is 2. The number of imide groups is 1. The molecule has 0 saturated carbocycles. The summed E-state index contributed by atoms with van der Waals surface area (Å²) in [4.78, 5) is 56.4. The van der Waals surface area contributed by atoms with Crippen LogP contribution in [0, 0.1) is 28.5 Å². The Morgan fingerprint density at radius 1 is 0.978 bits per heavy atom. The second-order valence-electron chi connectivity index (χ2n) is 10.1. The number of nitrogens with two attached hydrogens (primary N) is 1. The zero-order valence-electron chi connectivity index (χ0n) is 24.3. The molecule has 1 aliphatic heterocycles. The smallest absolute Gasteiger partial charge is 0.338 e. The van der Waals surface area contributed by atoms with Crippen LogP contribution in [0.4, 0.5) is 15.9 Å². The first-order valence-corrected chi connectivity index (χ1v) is 14.9. The second kappa shape index (κ2) is 13.4. The number of hydrogen-bond donors (Lipinski definition) is 1. The first-order chi connectivity index (χ1) is 22.1. The van der Waals surface area contributed by atoms with Crippen LogP contribution in [0.25, 0.3) is 11.1 Å². The molecule has 3 aromatic carbocycles. The first kappa shape index (κ1) is 31.6. The summed E-state index contributed by atoms with van der Waals surface area (Å²) in [5, 5.41) is 19.1. The van der Waals surface area contributed by atoms with Gasteiger partial charge >= 0.3 is 5.97 Å². The van der Waals surface area contributed by atoms with Gasteiger partial charge in [0, 0.05) is 17.5 Å². The molecule has 4 aromatic rings. The number of Topliss-reactive ketones (excluding diaryl/α,β-unsaturated/α-hetero) is 1. The third kappa shape index (κ3) is 6.34. The minimum Gasteiger partial charge on any atom is -0.454 e. The molecule has 0 spiro atoms. The lowest BCUT2D eigenvalue weighted by atomic mass is 9.96. The van der Waals surface area contributed by atoms with Crippen molar-refractivity contribution < 1.29 is 28.3 Å². The number of carbonyl (C=O) groups is 4. The molecule has 1 atom stereocenters. The molecule has 2 N–H and O–H groups in total. The van der Waals surface area contributed by atoms with E-state index in [9.17, 15) is 34.1 Å². The summed E-state index contributed by atoms with van der Waals surface area (Å²) in [6.45, 7) is 1.45. The molecule has 10 nitrogen and oxygen atoms in total. The van der Waals surface area contributed by atoms with Crippen molar-refractivity contribution in [3.05, 3.63) is 106 Å². The fraction of sp³-hybridized carbons (Fsp3) is 0.147. The van der Waals surface area contributed by atoms with Crippen LogP contribution in [0.5, 0.6) is 0 Å². The third-order valence-electron chi connectivity index (χ3n) is 7.29. The number of pyridine rings is 1. The van der Waals surface area contributed by atoms with Crippen molar-refractivity contribution in [3.8, 4) is 23.3 Å². The van der Waals surface area contributed by atoms with Crippen LogP contribution in [-0.4, -0.2) is 40.4 Å². The molecule has 0 radical (unpaired) electrons. The van der Waals surface area contributed by atoms with Gasteiger partial charge in [0.05, 0.1) is 22.1 Å². The molecule has 1 unspecified atom stereocenters. The SMILES string of the molecule is CCc1ccc(-c2c(C#N)c(N)nc(SC3CC(=O)N(c4ccc(C(=O)OCC(=O)c5ccc(F)cc5)cc4)C3=O)c2C#N)cc1. The van der Waals surface area contributed by atoms with Gasteiger partial charge in [-0.3, -0.25) is 14.4 Å². The monoisotopic (exact) mass is 633 g/mol. The van der Waals surface area contributed by atoms with E-state index in [1.165, 1.54) is 36.4 Å². The van der Waals surface area contributed by atoms with Crippen molar-refractivity contribution in [2.45, 2.75) is 30.0 Å². The van der Waals surface area contributed by atoms with Gasteiger partial charge in [-0.15, -0.1) is 0 Å². The average molecular weight is 634 g/mol. The minimum atomic E-state index is -0.933. The highest BCUT2D eigenvalue weighted by molar-refractivity contribution is 8.00. The summed E-state index contributed by atoms with van der Waals surface area (Å²) < 4.78 is 18.2. The summed E-state index contributed by atoms with van der Waals surface area (Å²) in [6.07, 6.45) is 0.614. The number of thioether (sulfide) groups is 1. The Kier molecular flexibility index (Phi) is 9.21. The van der Waals surface area contributed by atoms with Gasteiger partial charge in [0.2, 0.25) is 11.8 Å². The average Bonchev–Trinajstić information content (AvgIpc) is 3.35. The molecule has 0 aliphatic carbocycles. The largest absolute Gasteiger partial charge is 0.454 e. The Morgan fingerprint density at radius 3 is 2.22 bits per heavy atom. The highest BCUT2D eigenvalue weighted by Crippen LogP contribution is 2.40. The van der Waals surface area contributed by atoms with Crippen molar-refractivity contribution in [1.82, 2.24) is 4.98 Å². The van der Waals surface area contributed by atoms with E-state index >= 15 is 0 Å². The number of ketones is 1. The van der Waals surface area contributed by atoms with Gasteiger partial charge in [-0.05, 0) is 66.1 Å². The Labute approximate surface area is 267 Å². The van der Waals surface area contributed by atoms with Crippen molar-refractivity contribution in [2.24, 2.45) is 0 Å². The van der Waals surface area contributed by atoms with Crippen molar-refractivity contribution in [1.29, 1.82) is 10.5 Å². The van der Waals surface area contributed by atoms with E-state index in [1.54, 1.807) is 12.1 Å². The number of esters is 1. The summed E-state index contributed by atoms with van der Waals surface area (Å²) in [5.41, 5.74) is 8.67. The van der Waals surface area contributed by atoms with Crippen molar-refractivity contribution in [3.63, 3.8) is 0 Å². The number of benzene rings is 3. The van der Waals surface area contributed by atoms with Crippen LogP contribution < -0.4 is 10.6 Å². The fourth-order valence-electron chi connectivity index (χ4n) is 4.86. The lowest BCUT2D eigenvalue weighted by Gasteiger charge is -2.17. The van der Waals surface area contributed by atoms with Crippen LogP contribution >= 0.6 is 11.8 Å². The second-order valence-corrected chi connectivity index (χ2v) is 11.3. The Hall–Kier alpha value is -5.85. The summed E-state index contributed by atoms with van der Waals surface area (Å²) >= 11 is 0.917. The number of halogens is 1. The number of nitrogen functional groups attached to an aromatic ring is 1. The number of anilines is 2. The number of carbonyl (C=O) groups excluding carboxylic acids is 4. The molecule has 1 aliphatic rings. The van der Waals surface area contributed by atoms with E-state index in [1.807, 2.05) is 25.1 Å². The maximum atomic E-state index is 13.4. The fourth-order valence-corrected chi connectivity index (χ4v) is 5.98. The van der Waals surface area contributed by atoms with Gasteiger partial charge in [-0.25, -0.2) is 19.1 Å². The molecule has 2 amide bonds. The summed E-state index contributed by atoms with van der Waals surface area (Å²) in [7, 11) is 0. The lowest BCUT2D eigenvalue weighted by molar-refractivity contribution is -0.121. The predicted octanol–water partition coefficient (Wildman–Crippen LogP) is 5.24. The molecule has 46 heavy (non-hydrogen) atoms. The number of nitrogens with zero attached hydrogens (tertiary/aromatic N) is 4. The van der Waals surface area contributed by atoms with Crippen molar-refractivity contribution >= 4 is 46.8 Å². The van der Waals surface area contributed by atoms with E-state index in [-0.39, 0.29) is 45.2 Å². The first-order valence-electron chi connectivity index (χ1n) is 14.0. The van der Waals surface area contributed by atoms with Crippen LogP contribution in [0.15, 0.2) is 77.8 Å². The number of rotatable bonds is 9. The highest BCUT2D eigenvalue weighted by atomic mass is 32.2. The van der Waals surface area contributed by atoms with E-state index in [0.29, 0.717) is 11.1 Å². The lowest BCUT2D eigenvalue weighted by Crippen LogP contribution is -2.31. The number of ether oxygens (including phenoxy) is 1. The number of hydrogen-bond acceptors (Lipinski definition) is 10. The topological polar surface area (TPSA) is 167 Å². The van der Waals surface area contributed by atoms with Gasteiger partial charge < -0.3 is 10.5 Å². The zero-order chi connectivity index (χ0) is 33.0. The molecule has 5 rings (SSSR count). The molecular weight excluding hydrogens is 609 g/mol.